The minimum atomic E-state index is -1.03. The highest BCUT2D eigenvalue weighted by Gasteiger charge is 2.28. The van der Waals surface area contributed by atoms with Crippen molar-refractivity contribution in [2.45, 2.75) is 12.8 Å². The van der Waals surface area contributed by atoms with Crippen LogP contribution in [-0.4, -0.2) is 37.7 Å². The van der Waals surface area contributed by atoms with Crippen molar-refractivity contribution in [2.24, 2.45) is 0 Å². The molecule has 0 aliphatic heterocycles. The van der Waals surface area contributed by atoms with Gasteiger partial charge in [-0.1, -0.05) is 31.2 Å². The molecular formula is C24H21N3O3. The molecule has 3 aromatic heterocycles. The number of aliphatic hydroxyl groups excluding tert-OH is 1. The van der Waals surface area contributed by atoms with E-state index in [0.29, 0.717) is 5.56 Å². The van der Waals surface area contributed by atoms with Gasteiger partial charge >= 0.3 is 5.97 Å². The maximum absolute atomic E-state index is 12.3. The largest absolute Gasteiger partial charge is 0.477 e. The number of nitrogens with one attached hydrogen (secondary N) is 3. The molecule has 0 radical (unpaired) electrons. The van der Waals surface area contributed by atoms with Gasteiger partial charge in [-0.05, 0) is 35.4 Å². The van der Waals surface area contributed by atoms with E-state index in [1.807, 2.05) is 67.8 Å². The highest BCUT2D eigenvalue weighted by atomic mass is 16.4. The van der Waals surface area contributed by atoms with Gasteiger partial charge < -0.3 is 25.2 Å². The van der Waals surface area contributed by atoms with Gasteiger partial charge in [0.2, 0.25) is 0 Å². The molecule has 0 aliphatic carbocycles. The summed E-state index contributed by atoms with van der Waals surface area (Å²) in [4.78, 5) is 21.9. The third kappa shape index (κ3) is 2.65. The van der Waals surface area contributed by atoms with E-state index in [9.17, 15) is 15.0 Å². The molecule has 1 atom stereocenters. The van der Waals surface area contributed by atoms with E-state index in [4.69, 9.17) is 0 Å². The first-order valence-electron chi connectivity index (χ1n) is 9.83. The number of carbonyl (C=O) groups is 1. The average molecular weight is 399 g/mol. The number of aromatic nitrogens is 3. The fourth-order valence-corrected chi connectivity index (χ4v) is 4.36. The molecule has 0 spiro atoms. The number of hydrogen-bond donors (Lipinski definition) is 5. The summed E-state index contributed by atoms with van der Waals surface area (Å²) in [5.41, 5.74) is 5.90. The molecule has 0 saturated carbocycles. The van der Waals surface area contributed by atoms with Crippen LogP contribution in [-0.2, 0) is 0 Å². The Labute approximate surface area is 172 Å². The number of H-pyrrole nitrogens is 3. The zero-order valence-corrected chi connectivity index (χ0v) is 16.4. The molecule has 6 heteroatoms. The molecule has 0 amide bonds. The van der Waals surface area contributed by atoms with Crippen LogP contribution in [0.3, 0.4) is 0 Å². The summed E-state index contributed by atoms with van der Waals surface area (Å²) in [7, 11) is 0. The lowest BCUT2D eigenvalue weighted by Crippen LogP contribution is -2.03. The number of benzene rings is 2. The highest BCUT2D eigenvalue weighted by molar-refractivity contribution is 6.06. The number of aromatic carboxylic acids is 1. The van der Waals surface area contributed by atoms with E-state index in [-0.39, 0.29) is 18.2 Å². The van der Waals surface area contributed by atoms with E-state index in [0.717, 1.165) is 44.2 Å². The summed E-state index contributed by atoms with van der Waals surface area (Å²) in [6, 6.07) is 15.6. The maximum atomic E-state index is 12.3. The second-order valence-electron chi connectivity index (χ2n) is 7.54. The minimum Gasteiger partial charge on any atom is -0.477 e. The Kier molecular flexibility index (Phi) is 4.22. The summed E-state index contributed by atoms with van der Waals surface area (Å²) in [6.07, 6.45) is 3.71. The van der Waals surface area contributed by atoms with E-state index in [1.165, 1.54) is 0 Å². The first-order chi connectivity index (χ1) is 14.6. The molecule has 6 nitrogen and oxygen atoms in total. The zero-order chi connectivity index (χ0) is 20.8. The summed E-state index contributed by atoms with van der Waals surface area (Å²) < 4.78 is 0. The van der Waals surface area contributed by atoms with E-state index >= 15 is 0 Å². The SMILES string of the molecule is CC(CO)c1c(-c2cccc3[nH]ccc23)[nH]c(C(=O)O)c1-c1cccc2[nH]ccc12. The Morgan fingerprint density at radius 3 is 2.13 bits per heavy atom. The smallest absolute Gasteiger partial charge is 0.352 e. The number of aliphatic hydroxyl groups is 1. The summed E-state index contributed by atoms with van der Waals surface area (Å²) in [5, 5.41) is 22.0. The van der Waals surface area contributed by atoms with Crippen LogP contribution < -0.4 is 0 Å². The molecule has 0 saturated heterocycles. The van der Waals surface area contributed by atoms with Crippen molar-refractivity contribution in [3.63, 3.8) is 0 Å². The Hall–Kier alpha value is -3.77. The number of carboxylic acids is 1. The van der Waals surface area contributed by atoms with Gasteiger partial charge in [0.05, 0.1) is 5.69 Å². The number of rotatable bonds is 5. The molecule has 2 aromatic carbocycles. The molecule has 5 aromatic rings. The first-order valence-corrected chi connectivity index (χ1v) is 9.83. The normalized spacial score (nSPS) is 12.6. The monoisotopic (exact) mass is 399 g/mol. The second kappa shape index (κ2) is 6.93. The molecule has 30 heavy (non-hydrogen) atoms. The molecule has 150 valence electrons. The van der Waals surface area contributed by atoms with Crippen LogP contribution in [0.25, 0.3) is 44.2 Å². The number of aromatic amines is 3. The van der Waals surface area contributed by atoms with Crippen LogP contribution in [0.4, 0.5) is 0 Å². The second-order valence-corrected chi connectivity index (χ2v) is 7.54. The van der Waals surface area contributed by atoms with Crippen molar-refractivity contribution in [3.05, 3.63) is 72.2 Å². The van der Waals surface area contributed by atoms with Gasteiger partial charge in [-0.3, -0.25) is 0 Å². The van der Waals surface area contributed by atoms with Gasteiger partial charge in [-0.2, -0.15) is 0 Å². The lowest BCUT2D eigenvalue weighted by Gasteiger charge is -2.15. The topological polar surface area (TPSA) is 105 Å². The Bertz CT molecular complexity index is 1390. The van der Waals surface area contributed by atoms with Crippen LogP contribution in [0.5, 0.6) is 0 Å². The van der Waals surface area contributed by atoms with Gasteiger partial charge in [0.25, 0.3) is 0 Å². The van der Waals surface area contributed by atoms with Gasteiger partial charge in [-0.25, -0.2) is 4.79 Å². The fraction of sp³-hybridized carbons (Fsp3) is 0.125. The molecule has 1 unspecified atom stereocenters. The van der Waals surface area contributed by atoms with Crippen molar-refractivity contribution >= 4 is 27.8 Å². The van der Waals surface area contributed by atoms with Crippen molar-refractivity contribution in [1.82, 2.24) is 15.0 Å². The molecular weight excluding hydrogens is 378 g/mol. The average Bonchev–Trinajstić information content (AvgIpc) is 3.49. The van der Waals surface area contributed by atoms with Gasteiger partial charge in [0.15, 0.2) is 0 Å². The Morgan fingerprint density at radius 1 is 0.933 bits per heavy atom. The predicted molar refractivity (Wildman–Crippen MR) is 118 cm³/mol. The van der Waals surface area contributed by atoms with Crippen LogP contribution in [0.1, 0.15) is 28.9 Å². The predicted octanol–water partition coefficient (Wildman–Crippen LogP) is 5.11. The van der Waals surface area contributed by atoms with E-state index in [2.05, 4.69) is 15.0 Å². The molecule has 5 N–H and O–H groups in total. The standard InChI is InChI=1S/C24H21N3O3/c1-13(12-28)20-21(16-4-2-6-18-14(16)8-10-25-18)23(24(29)30)27-22(20)17-5-3-7-19-15(17)9-11-26-19/h2-11,13,25-28H,12H2,1H3,(H,29,30). The Balaban J connectivity index is 1.90. The molecule has 0 aliphatic rings. The first kappa shape index (κ1) is 18.3. The fourth-order valence-electron chi connectivity index (χ4n) is 4.36. The van der Waals surface area contributed by atoms with Crippen molar-refractivity contribution < 1.29 is 15.0 Å². The van der Waals surface area contributed by atoms with Gasteiger partial charge in [0.1, 0.15) is 5.69 Å². The number of hydrogen-bond acceptors (Lipinski definition) is 2. The van der Waals surface area contributed by atoms with Gasteiger partial charge in [-0.15, -0.1) is 0 Å². The van der Waals surface area contributed by atoms with Crippen molar-refractivity contribution in [2.75, 3.05) is 6.61 Å². The summed E-state index contributed by atoms with van der Waals surface area (Å²) in [6.45, 7) is 1.82. The zero-order valence-electron chi connectivity index (χ0n) is 16.4. The van der Waals surface area contributed by atoms with E-state index < -0.39 is 5.97 Å². The molecule has 0 fully saturated rings. The molecule has 5 rings (SSSR count). The molecule has 3 heterocycles. The van der Waals surface area contributed by atoms with Gasteiger partial charge in [0, 0.05) is 57.9 Å². The lowest BCUT2D eigenvalue weighted by molar-refractivity contribution is 0.0692. The van der Waals surface area contributed by atoms with Crippen LogP contribution in [0, 0.1) is 0 Å². The quantitative estimate of drug-likeness (QED) is 0.284. The van der Waals surface area contributed by atoms with Crippen molar-refractivity contribution in [3.8, 4) is 22.4 Å². The lowest BCUT2D eigenvalue weighted by atomic mass is 9.88. The minimum absolute atomic E-state index is 0.0941. The summed E-state index contributed by atoms with van der Waals surface area (Å²) in [5.74, 6) is -1.29. The highest BCUT2D eigenvalue weighted by Crippen LogP contribution is 2.43. The Morgan fingerprint density at radius 2 is 1.53 bits per heavy atom. The van der Waals surface area contributed by atoms with E-state index in [1.54, 1.807) is 0 Å². The molecule has 0 bridgehead atoms. The number of fused-ring (bicyclic) bond motifs is 2. The third-order valence-electron chi connectivity index (χ3n) is 5.75. The van der Waals surface area contributed by atoms with Crippen LogP contribution in [0.2, 0.25) is 0 Å². The number of carboxylic acid groups (broad SMARTS) is 1. The van der Waals surface area contributed by atoms with Crippen molar-refractivity contribution in [1.29, 1.82) is 0 Å². The maximum Gasteiger partial charge on any atom is 0.352 e. The van der Waals surface area contributed by atoms with Crippen LogP contribution >= 0.6 is 0 Å². The van der Waals surface area contributed by atoms with Crippen LogP contribution in [0.15, 0.2) is 60.9 Å². The third-order valence-corrected chi connectivity index (χ3v) is 5.75. The summed E-state index contributed by atoms with van der Waals surface area (Å²) >= 11 is 0.